The number of nitrogens with zero attached hydrogens (tertiary/aromatic N) is 1. The number of amides is 1. The van der Waals surface area contributed by atoms with Crippen LogP contribution in [-0.4, -0.2) is 56.0 Å². The highest BCUT2D eigenvalue weighted by Gasteiger charge is 2.47. The Balaban J connectivity index is 2.18. The van der Waals surface area contributed by atoms with Crippen molar-refractivity contribution in [2.24, 2.45) is 0 Å². The normalized spacial score (nSPS) is 18.7. The number of carbonyl (C=O) groups is 2. The summed E-state index contributed by atoms with van der Waals surface area (Å²) in [6, 6.07) is 15.4. The molecule has 0 aromatic heterocycles. The van der Waals surface area contributed by atoms with E-state index in [1.165, 1.54) is 4.90 Å². The van der Waals surface area contributed by atoms with Gasteiger partial charge in [0.15, 0.2) is 0 Å². The lowest BCUT2D eigenvalue weighted by Crippen LogP contribution is -3.06. The molecule has 28 heavy (non-hydrogen) atoms. The Morgan fingerprint density at radius 3 is 2.36 bits per heavy atom. The Morgan fingerprint density at radius 2 is 1.71 bits per heavy atom. The van der Waals surface area contributed by atoms with Crippen LogP contribution in [0, 0.1) is 0 Å². The average molecular weight is 381 g/mol. The SMILES string of the molecule is COc1ccccc1[C@@H]1C(=C(O)c2ccccc2)C(=O)C(=O)N1CC[NH+](C)C. The third-order valence-corrected chi connectivity index (χ3v) is 4.87. The molecular formula is C22H25N2O4+. The van der Waals surface area contributed by atoms with Crippen LogP contribution in [0.2, 0.25) is 0 Å². The number of hydrogen-bond donors (Lipinski definition) is 2. The number of ether oxygens (including phenoxy) is 1. The molecule has 2 aromatic rings. The van der Waals surface area contributed by atoms with Crippen molar-refractivity contribution in [3.63, 3.8) is 0 Å². The van der Waals surface area contributed by atoms with Crippen molar-refractivity contribution in [3.8, 4) is 5.75 Å². The van der Waals surface area contributed by atoms with E-state index >= 15 is 0 Å². The second kappa shape index (κ2) is 8.27. The largest absolute Gasteiger partial charge is 0.507 e. The van der Waals surface area contributed by atoms with Crippen molar-refractivity contribution in [3.05, 3.63) is 71.3 Å². The number of hydrogen-bond acceptors (Lipinski definition) is 4. The summed E-state index contributed by atoms with van der Waals surface area (Å²) in [6.45, 7) is 1.06. The zero-order chi connectivity index (χ0) is 20.3. The zero-order valence-electron chi connectivity index (χ0n) is 16.3. The quantitative estimate of drug-likeness (QED) is 0.449. The van der Waals surface area contributed by atoms with Gasteiger partial charge in [-0.1, -0.05) is 48.5 Å². The number of likely N-dealkylation sites (N-methyl/N-ethyl adjacent to an activating group) is 1. The fourth-order valence-electron chi connectivity index (χ4n) is 3.42. The van der Waals surface area contributed by atoms with Gasteiger partial charge in [-0.25, -0.2) is 0 Å². The molecule has 1 aliphatic rings. The van der Waals surface area contributed by atoms with E-state index in [4.69, 9.17) is 4.74 Å². The van der Waals surface area contributed by atoms with Gasteiger partial charge in [0.05, 0.1) is 45.9 Å². The number of methoxy groups -OCH3 is 1. The van der Waals surface area contributed by atoms with E-state index in [-0.39, 0.29) is 11.3 Å². The maximum Gasteiger partial charge on any atom is 0.295 e. The zero-order valence-corrected chi connectivity index (χ0v) is 16.3. The number of quaternary nitrogens is 1. The lowest BCUT2D eigenvalue weighted by atomic mass is 9.94. The maximum atomic E-state index is 12.9. The van der Waals surface area contributed by atoms with Gasteiger partial charge in [0, 0.05) is 11.1 Å². The number of aliphatic hydroxyl groups is 1. The fourth-order valence-corrected chi connectivity index (χ4v) is 3.42. The van der Waals surface area contributed by atoms with Crippen LogP contribution in [-0.2, 0) is 9.59 Å². The van der Waals surface area contributed by atoms with Crippen LogP contribution in [0.25, 0.3) is 5.76 Å². The molecule has 2 aromatic carbocycles. The number of nitrogens with one attached hydrogen (secondary N) is 1. The van der Waals surface area contributed by atoms with Crippen molar-refractivity contribution in [1.29, 1.82) is 0 Å². The van der Waals surface area contributed by atoms with Crippen molar-refractivity contribution < 1.29 is 24.3 Å². The highest BCUT2D eigenvalue weighted by molar-refractivity contribution is 6.46. The topological polar surface area (TPSA) is 71.3 Å². The molecule has 0 saturated carbocycles. The van der Waals surface area contributed by atoms with Gasteiger partial charge >= 0.3 is 0 Å². The van der Waals surface area contributed by atoms with Gasteiger partial charge in [-0.3, -0.25) is 9.59 Å². The number of carbonyl (C=O) groups excluding carboxylic acids is 2. The summed E-state index contributed by atoms with van der Waals surface area (Å²) in [5.41, 5.74) is 1.27. The second-order valence-corrected chi connectivity index (χ2v) is 7.06. The summed E-state index contributed by atoms with van der Waals surface area (Å²) in [5.74, 6) is -0.884. The van der Waals surface area contributed by atoms with Gasteiger partial charge < -0.3 is 19.6 Å². The van der Waals surface area contributed by atoms with Crippen molar-refractivity contribution in [2.45, 2.75) is 6.04 Å². The minimum absolute atomic E-state index is 0.0921. The molecule has 1 fully saturated rings. The Morgan fingerprint density at radius 1 is 1.07 bits per heavy atom. The third-order valence-electron chi connectivity index (χ3n) is 4.87. The van der Waals surface area contributed by atoms with Gasteiger partial charge in [0.25, 0.3) is 11.7 Å². The summed E-state index contributed by atoms with van der Waals surface area (Å²) in [5, 5.41) is 10.9. The molecule has 146 valence electrons. The number of Topliss-reactive ketones (excluding diaryl/α,β-unsaturated/α-hetero) is 1. The van der Waals surface area contributed by atoms with Crippen LogP contribution in [0.1, 0.15) is 17.2 Å². The Hall–Kier alpha value is -3.12. The van der Waals surface area contributed by atoms with E-state index in [9.17, 15) is 14.7 Å². The highest BCUT2D eigenvalue weighted by Crippen LogP contribution is 2.42. The summed E-state index contributed by atoms with van der Waals surface area (Å²) >= 11 is 0. The molecule has 3 rings (SSSR count). The van der Waals surface area contributed by atoms with Crippen LogP contribution in [0.3, 0.4) is 0 Å². The van der Waals surface area contributed by atoms with Gasteiger partial charge in [0.1, 0.15) is 11.5 Å². The Labute approximate surface area is 164 Å². The van der Waals surface area contributed by atoms with Crippen LogP contribution in [0.4, 0.5) is 0 Å². The number of rotatable bonds is 6. The summed E-state index contributed by atoms with van der Waals surface area (Å²) in [4.78, 5) is 28.4. The van der Waals surface area contributed by atoms with E-state index in [1.807, 2.05) is 38.4 Å². The molecular weight excluding hydrogens is 356 g/mol. The predicted octanol–water partition coefficient (Wildman–Crippen LogP) is 1.26. The Bertz CT molecular complexity index is 906. The van der Waals surface area contributed by atoms with Gasteiger partial charge in [-0.15, -0.1) is 0 Å². The number of aliphatic hydroxyl groups excluding tert-OH is 1. The van der Waals surface area contributed by atoms with E-state index in [2.05, 4.69) is 0 Å². The standard InChI is InChI=1S/C22H24N2O4/c1-23(2)13-14-24-19(16-11-7-8-12-17(16)28-3)18(21(26)22(24)27)20(25)15-9-5-4-6-10-15/h4-12,19,25H,13-14H2,1-3H3/p+1/t19-/m1/s1. The minimum atomic E-state index is -0.698. The molecule has 1 heterocycles. The summed E-state index contributed by atoms with van der Waals surface area (Å²) in [7, 11) is 5.52. The molecule has 0 bridgehead atoms. The molecule has 6 heteroatoms. The average Bonchev–Trinajstić information content (AvgIpc) is 2.96. The van der Waals surface area contributed by atoms with Crippen molar-refractivity contribution >= 4 is 17.4 Å². The molecule has 2 N–H and O–H groups in total. The molecule has 1 aliphatic heterocycles. The lowest BCUT2D eigenvalue weighted by molar-refractivity contribution is -0.857. The first-order chi connectivity index (χ1) is 13.5. The first-order valence-electron chi connectivity index (χ1n) is 9.21. The second-order valence-electron chi connectivity index (χ2n) is 7.06. The molecule has 1 atom stereocenters. The number of benzene rings is 2. The Kier molecular flexibility index (Phi) is 5.80. The first-order valence-corrected chi connectivity index (χ1v) is 9.21. The van der Waals surface area contributed by atoms with E-state index in [0.717, 1.165) is 4.90 Å². The molecule has 1 amide bonds. The van der Waals surface area contributed by atoms with Crippen LogP contribution < -0.4 is 9.64 Å². The first kappa shape index (κ1) is 19.6. The van der Waals surface area contributed by atoms with Gasteiger partial charge in [-0.2, -0.15) is 0 Å². The number of ketones is 1. The third kappa shape index (κ3) is 3.64. The smallest absolute Gasteiger partial charge is 0.295 e. The van der Waals surface area contributed by atoms with Crippen LogP contribution in [0.15, 0.2) is 60.2 Å². The predicted molar refractivity (Wildman–Crippen MR) is 106 cm³/mol. The number of para-hydroxylation sites is 1. The van der Waals surface area contributed by atoms with E-state index in [0.29, 0.717) is 30.0 Å². The summed E-state index contributed by atoms with van der Waals surface area (Å²) in [6.07, 6.45) is 0. The summed E-state index contributed by atoms with van der Waals surface area (Å²) < 4.78 is 5.48. The highest BCUT2D eigenvalue weighted by atomic mass is 16.5. The molecule has 0 aliphatic carbocycles. The molecule has 6 nitrogen and oxygen atoms in total. The van der Waals surface area contributed by atoms with E-state index < -0.39 is 17.7 Å². The molecule has 0 radical (unpaired) electrons. The van der Waals surface area contributed by atoms with Crippen molar-refractivity contribution in [2.75, 3.05) is 34.3 Å². The monoisotopic (exact) mass is 381 g/mol. The minimum Gasteiger partial charge on any atom is -0.507 e. The molecule has 0 unspecified atom stereocenters. The van der Waals surface area contributed by atoms with Crippen molar-refractivity contribution in [1.82, 2.24) is 4.90 Å². The fraction of sp³-hybridized carbons (Fsp3) is 0.273. The molecule has 1 saturated heterocycles. The lowest BCUT2D eigenvalue weighted by Gasteiger charge is -2.26. The number of likely N-dealkylation sites (tertiary alicyclic amines) is 1. The van der Waals surface area contributed by atoms with E-state index in [1.54, 1.807) is 37.4 Å². The van der Waals surface area contributed by atoms with Crippen LogP contribution >= 0.6 is 0 Å². The van der Waals surface area contributed by atoms with Crippen LogP contribution in [0.5, 0.6) is 5.75 Å². The van der Waals surface area contributed by atoms with Gasteiger partial charge in [-0.05, 0) is 6.07 Å². The maximum absolute atomic E-state index is 12.9. The molecule has 0 spiro atoms. The van der Waals surface area contributed by atoms with Gasteiger partial charge in [0.2, 0.25) is 0 Å².